The SMILES string of the molecule is Cn1c(=S)[nH]c2cc(C(=O)NCc3cccs3)ccc2c1=O. The van der Waals surface area contributed by atoms with Crippen LogP contribution in [0.15, 0.2) is 40.5 Å². The Hall–Kier alpha value is -2.25. The van der Waals surface area contributed by atoms with Crippen LogP contribution >= 0.6 is 23.6 Å². The normalized spacial score (nSPS) is 10.8. The number of hydrogen-bond donors (Lipinski definition) is 2. The molecule has 0 aliphatic rings. The predicted molar refractivity (Wildman–Crippen MR) is 89.9 cm³/mol. The Bertz CT molecular complexity index is 955. The quantitative estimate of drug-likeness (QED) is 0.725. The number of hydrogen-bond acceptors (Lipinski definition) is 4. The van der Waals surface area contributed by atoms with Gasteiger partial charge < -0.3 is 10.3 Å². The largest absolute Gasteiger partial charge is 0.347 e. The minimum Gasteiger partial charge on any atom is -0.347 e. The lowest BCUT2D eigenvalue weighted by atomic mass is 10.1. The Labute approximate surface area is 135 Å². The number of thiophene rings is 1. The van der Waals surface area contributed by atoms with Crippen molar-refractivity contribution in [1.82, 2.24) is 14.9 Å². The molecule has 0 saturated heterocycles. The number of nitrogens with one attached hydrogen (secondary N) is 2. The zero-order valence-electron chi connectivity index (χ0n) is 11.8. The molecule has 0 unspecified atom stereocenters. The number of carbonyl (C=O) groups excluding carboxylic acids is 1. The predicted octanol–water partition coefficient (Wildman–Crippen LogP) is 2.59. The van der Waals surface area contributed by atoms with Gasteiger partial charge in [0, 0.05) is 17.5 Å². The van der Waals surface area contributed by atoms with E-state index in [9.17, 15) is 9.59 Å². The molecule has 22 heavy (non-hydrogen) atoms. The molecule has 2 N–H and O–H groups in total. The highest BCUT2D eigenvalue weighted by Gasteiger charge is 2.09. The van der Waals surface area contributed by atoms with Gasteiger partial charge in [0.25, 0.3) is 11.5 Å². The third-order valence-corrected chi connectivity index (χ3v) is 4.62. The summed E-state index contributed by atoms with van der Waals surface area (Å²) in [5, 5.41) is 5.33. The molecule has 5 nitrogen and oxygen atoms in total. The van der Waals surface area contributed by atoms with Crippen molar-refractivity contribution in [3.8, 4) is 0 Å². The summed E-state index contributed by atoms with van der Waals surface area (Å²) in [6.45, 7) is 0.487. The van der Waals surface area contributed by atoms with Crippen LogP contribution in [0.4, 0.5) is 0 Å². The number of rotatable bonds is 3. The van der Waals surface area contributed by atoms with Crippen LogP contribution in [0.25, 0.3) is 10.9 Å². The molecule has 112 valence electrons. The fourth-order valence-corrected chi connectivity index (χ4v) is 2.97. The van der Waals surface area contributed by atoms with E-state index in [0.29, 0.717) is 27.8 Å². The fraction of sp³-hybridized carbons (Fsp3) is 0.133. The molecule has 0 spiro atoms. The highest BCUT2D eigenvalue weighted by Crippen LogP contribution is 2.12. The molecule has 2 heterocycles. The van der Waals surface area contributed by atoms with Crippen molar-refractivity contribution in [1.29, 1.82) is 0 Å². The molecule has 1 amide bonds. The number of aromatic amines is 1. The van der Waals surface area contributed by atoms with Crippen molar-refractivity contribution in [2.45, 2.75) is 6.54 Å². The first-order chi connectivity index (χ1) is 10.6. The van der Waals surface area contributed by atoms with E-state index in [-0.39, 0.29) is 11.5 Å². The summed E-state index contributed by atoms with van der Waals surface area (Å²) >= 11 is 6.68. The van der Waals surface area contributed by atoms with Crippen LogP contribution in [0.3, 0.4) is 0 Å². The highest BCUT2D eigenvalue weighted by molar-refractivity contribution is 7.71. The lowest BCUT2D eigenvalue weighted by Crippen LogP contribution is -2.23. The van der Waals surface area contributed by atoms with Crippen molar-refractivity contribution in [2.24, 2.45) is 7.05 Å². The van der Waals surface area contributed by atoms with Gasteiger partial charge in [0.05, 0.1) is 17.4 Å². The summed E-state index contributed by atoms with van der Waals surface area (Å²) in [4.78, 5) is 28.3. The minimum absolute atomic E-state index is 0.177. The van der Waals surface area contributed by atoms with Crippen LogP contribution in [-0.2, 0) is 13.6 Å². The molecular formula is C15H13N3O2S2. The van der Waals surface area contributed by atoms with Gasteiger partial charge in [-0.1, -0.05) is 6.07 Å². The Morgan fingerprint density at radius 2 is 2.23 bits per heavy atom. The number of fused-ring (bicyclic) bond motifs is 1. The van der Waals surface area contributed by atoms with Gasteiger partial charge in [0.2, 0.25) is 0 Å². The van der Waals surface area contributed by atoms with Gasteiger partial charge in [-0.3, -0.25) is 14.2 Å². The topological polar surface area (TPSA) is 66.9 Å². The standard InChI is InChI=1S/C15H13N3O2S2/c1-18-14(20)11-5-4-9(7-12(11)17-15(18)21)13(19)16-8-10-3-2-6-22-10/h2-7H,8H2,1H3,(H,16,19)(H,17,21). The maximum Gasteiger partial charge on any atom is 0.261 e. The van der Waals surface area contributed by atoms with Crippen molar-refractivity contribution in [3.05, 3.63) is 61.3 Å². The maximum absolute atomic E-state index is 12.2. The lowest BCUT2D eigenvalue weighted by Gasteiger charge is -2.06. The van der Waals surface area contributed by atoms with Crippen LogP contribution in [0.2, 0.25) is 0 Å². The first-order valence-electron chi connectivity index (χ1n) is 6.60. The average molecular weight is 331 g/mol. The third-order valence-electron chi connectivity index (χ3n) is 3.37. The Kier molecular flexibility index (Phi) is 3.91. The molecule has 0 aliphatic carbocycles. The van der Waals surface area contributed by atoms with Crippen LogP contribution < -0.4 is 10.9 Å². The molecule has 1 aromatic carbocycles. The summed E-state index contributed by atoms with van der Waals surface area (Å²) in [5.74, 6) is -0.185. The second-order valence-electron chi connectivity index (χ2n) is 4.82. The zero-order valence-corrected chi connectivity index (χ0v) is 13.4. The Morgan fingerprint density at radius 1 is 1.41 bits per heavy atom. The van der Waals surface area contributed by atoms with Gasteiger partial charge in [-0.25, -0.2) is 0 Å². The van der Waals surface area contributed by atoms with Gasteiger partial charge >= 0.3 is 0 Å². The number of benzene rings is 1. The van der Waals surface area contributed by atoms with Gasteiger partial charge in [0.15, 0.2) is 4.77 Å². The van der Waals surface area contributed by atoms with Gasteiger partial charge in [0.1, 0.15) is 0 Å². The molecule has 3 rings (SSSR count). The monoisotopic (exact) mass is 331 g/mol. The van der Waals surface area contributed by atoms with E-state index in [1.807, 2.05) is 17.5 Å². The van der Waals surface area contributed by atoms with Crippen LogP contribution in [0.5, 0.6) is 0 Å². The maximum atomic E-state index is 12.2. The molecular weight excluding hydrogens is 318 g/mol. The number of H-pyrrole nitrogens is 1. The molecule has 0 aliphatic heterocycles. The molecule has 7 heteroatoms. The Balaban J connectivity index is 1.91. The molecule has 0 radical (unpaired) electrons. The van der Waals surface area contributed by atoms with Crippen LogP contribution in [0, 0.1) is 4.77 Å². The number of amides is 1. The lowest BCUT2D eigenvalue weighted by molar-refractivity contribution is 0.0951. The van der Waals surface area contributed by atoms with E-state index in [4.69, 9.17) is 12.2 Å². The van der Waals surface area contributed by atoms with E-state index in [2.05, 4.69) is 10.3 Å². The van der Waals surface area contributed by atoms with E-state index >= 15 is 0 Å². The molecule has 0 fully saturated rings. The molecule has 0 saturated carbocycles. The average Bonchev–Trinajstić information content (AvgIpc) is 3.03. The number of aromatic nitrogens is 2. The molecule has 0 bridgehead atoms. The third kappa shape index (κ3) is 2.72. The molecule has 0 atom stereocenters. The van der Waals surface area contributed by atoms with Crippen molar-refractivity contribution in [2.75, 3.05) is 0 Å². The minimum atomic E-state index is -0.185. The first-order valence-corrected chi connectivity index (χ1v) is 7.89. The second-order valence-corrected chi connectivity index (χ2v) is 6.24. The highest BCUT2D eigenvalue weighted by atomic mass is 32.1. The summed E-state index contributed by atoms with van der Waals surface area (Å²) in [6, 6.07) is 8.84. The fourth-order valence-electron chi connectivity index (χ4n) is 2.13. The summed E-state index contributed by atoms with van der Waals surface area (Å²) in [7, 11) is 1.61. The summed E-state index contributed by atoms with van der Waals surface area (Å²) in [5.41, 5.74) is 0.879. The summed E-state index contributed by atoms with van der Waals surface area (Å²) in [6.07, 6.45) is 0. The van der Waals surface area contributed by atoms with Crippen LogP contribution in [-0.4, -0.2) is 15.5 Å². The summed E-state index contributed by atoms with van der Waals surface area (Å²) < 4.78 is 1.70. The van der Waals surface area contributed by atoms with Crippen molar-refractivity contribution < 1.29 is 4.79 Å². The first kappa shape index (κ1) is 14.7. The smallest absolute Gasteiger partial charge is 0.261 e. The van der Waals surface area contributed by atoms with E-state index in [1.165, 1.54) is 4.57 Å². The Morgan fingerprint density at radius 3 is 2.95 bits per heavy atom. The van der Waals surface area contributed by atoms with E-state index in [0.717, 1.165) is 4.88 Å². The van der Waals surface area contributed by atoms with E-state index in [1.54, 1.807) is 36.6 Å². The number of carbonyl (C=O) groups is 1. The molecule has 2 aromatic heterocycles. The second kappa shape index (κ2) is 5.86. The van der Waals surface area contributed by atoms with Crippen molar-refractivity contribution in [3.63, 3.8) is 0 Å². The van der Waals surface area contributed by atoms with E-state index < -0.39 is 0 Å². The number of nitrogens with zero attached hydrogens (tertiary/aromatic N) is 1. The van der Waals surface area contributed by atoms with Crippen LogP contribution in [0.1, 0.15) is 15.2 Å². The van der Waals surface area contributed by atoms with Gasteiger partial charge in [-0.15, -0.1) is 11.3 Å². The molecule has 3 aromatic rings. The van der Waals surface area contributed by atoms with Gasteiger partial charge in [-0.2, -0.15) is 0 Å². The van der Waals surface area contributed by atoms with Gasteiger partial charge in [-0.05, 0) is 41.9 Å². The van der Waals surface area contributed by atoms with Crippen molar-refractivity contribution >= 4 is 40.4 Å². The zero-order chi connectivity index (χ0) is 15.7.